The third-order valence-electron chi connectivity index (χ3n) is 2.36. The van der Waals surface area contributed by atoms with E-state index in [0.29, 0.717) is 5.82 Å². The highest BCUT2D eigenvalue weighted by atomic mass is 19.4. The van der Waals surface area contributed by atoms with E-state index >= 15 is 0 Å². The summed E-state index contributed by atoms with van der Waals surface area (Å²) >= 11 is 0. The third kappa shape index (κ3) is 3.83. The molecule has 0 amide bonds. The topological polar surface area (TPSA) is 49.2 Å². The number of nitrogens with zero attached hydrogens (tertiary/aromatic N) is 3. The van der Waals surface area contributed by atoms with Gasteiger partial charge >= 0.3 is 6.18 Å². The van der Waals surface area contributed by atoms with Crippen LogP contribution in [0.2, 0.25) is 0 Å². The van der Waals surface area contributed by atoms with E-state index in [2.05, 4.69) is 9.97 Å². The normalized spacial score (nSPS) is 12.0. The van der Waals surface area contributed by atoms with Gasteiger partial charge in [0, 0.05) is 13.0 Å². The molecule has 1 N–H and O–H groups in total. The summed E-state index contributed by atoms with van der Waals surface area (Å²) in [5.74, 6) is 0.556. The van der Waals surface area contributed by atoms with Crippen LogP contribution in [0.4, 0.5) is 18.9 Å². The highest BCUT2D eigenvalue weighted by molar-refractivity contribution is 5.48. The van der Waals surface area contributed by atoms with Gasteiger partial charge in [-0.2, -0.15) is 13.2 Å². The highest BCUT2D eigenvalue weighted by Crippen LogP contribution is 2.23. The van der Waals surface area contributed by atoms with Crippen molar-refractivity contribution in [3.8, 4) is 0 Å². The Balaban J connectivity index is 3.02. The second-order valence-corrected chi connectivity index (χ2v) is 4.34. The Morgan fingerprint density at radius 2 is 2.00 bits per heavy atom. The van der Waals surface area contributed by atoms with Crippen LogP contribution in [0.25, 0.3) is 0 Å². The van der Waals surface area contributed by atoms with Crippen molar-refractivity contribution in [2.24, 2.45) is 0 Å². The average molecular weight is 263 g/mol. The lowest BCUT2D eigenvalue weighted by molar-refractivity contribution is -0.119. The fourth-order valence-electron chi connectivity index (χ4n) is 1.49. The molecule has 0 saturated heterocycles. The summed E-state index contributed by atoms with van der Waals surface area (Å²) in [5.41, 5.74) is 0.402. The molecular weight excluding hydrogens is 247 g/mol. The lowest BCUT2D eigenvalue weighted by Crippen LogP contribution is -2.32. The van der Waals surface area contributed by atoms with Crippen molar-refractivity contribution in [3.63, 3.8) is 0 Å². The van der Waals surface area contributed by atoms with Gasteiger partial charge in [0.25, 0.3) is 0 Å². The first-order valence-corrected chi connectivity index (χ1v) is 5.49. The van der Waals surface area contributed by atoms with Crippen molar-refractivity contribution in [2.45, 2.75) is 32.5 Å². The molecule has 1 rings (SSSR count). The maximum Gasteiger partial charge on any atom is 0.405 e. The zero-order valence-electron chi connectivity index (χ0n) is 10.5. The third-order valence-corrected chi connectivity index (χ3v) is 2.36. The molecule has 1 heterocycles. The molecule has 0 aliphatic heterocycles. The van der Waals surface area contributed by atoms with E-state index in [9.17, 15) is 18.3 Å². The number of hydrogen-bond donors (Lipinski definition) is 1. The second-order valence-electron chi connectivity index (χ2n) is 4.34. The molecule has 0 aromatic carbocycles. The molecule has 1 aromatic rings. The Kier molecular flexibility index (Phi) is 4.50. The largest absolute Gasteiger partial charge is 0.405 e. The Labute approximate surface area is 103 Å². The molecule has 0 aliphatic rings. The highest BCUT2D eigenvalue weighted by Gasteiger charge is 2.30. The fourth-order valence-corrected chi connectivity index (χ4v) is 1.49. The minimum Gasteiger partial charge on any atom is -0.390 e. The van der Waals surface area contributed by atoms with Crippen LogP contribution in [0, 0.1) is 0 Å². The number of aromatic nitrogens is 2. The number of aliphatic hydroxyl groups excluding tert-OH is 1. The van der Waals surface area contributed by atoms with Gasteiger partial charge < -0.3 is 10.0 Å². The van der Waals surface area contributed by atoms with Gasteiger partial charge in [-0.1, -0.05) is 13.8 Å². The van der Waals surface area contributed by atoms with Crippen molar-refractivity contribution in [1.82, 2.24) is 9.97 Å². The van der Waals surface area contributed by atoms with Gasteiger partial charge in [0.2, 0.25) is 0 Å². The first-order valence-electron chi connectivity index (χ1n) is 5.49. The van der Waals surface area contributed by atoms with E-state index < -0.39 is 19.3 Å². The van der Waals surface area contributed by atoms with E-state index in [4.69, 9.17) is 0 Å². The van der Waals surface area contributed by atoms with Crippen LogP contribution in [-0.2, 0) is 6.61 Å². The Morgan fingerprint density at radius 3 is 2.44 bits per heavy atom. The summed E-state index contributed by atoms with van der Waals surface area (Å²) in [7, 11) is 1.29. The molecule has 0 aliphatic carbocycles. The molecule has 18 heavy (non-hydrogen) atoms. The van der Waals surface area contributed by atoms with Gasteiger partial charge in [-0.25, -0.2) is 9.97 Å². The zero-order valence-corrected chi connectivity index (χ0v) is 10.5. The maximum atomic E-state index is 12.3. The smallest absolute Gasteiger partial charge is 0.390 e. The summed E-state index contributed by atoms with van der Waals surface area (Å²) in [6.45, 7) is 2.22. The van der Waals surface area contributed by atoms with Crippen LogP contribution >= 0.6 is 0 Å². The zero-order chi connectivity index (χ0) is 13.9. The van der Waals surface area contributed by atoms with Gasteiger partial charge in [0.1, 0.15) is 12.4 Å². The number of aliphatic hydroxyl groups is 1. The quantitative estimate of drug-likeness (QED) is 0.903. The van der Waals surface area contributed by atoms with Crippen molar-refractivity contribution < 1.29 is 18.3 Å². The van der Waals surface area contributed by atoms with Gasteiger partial charge in [-0.3, -0.25) is 0 Å². The standard InChI is InChI=1S/C11H16F3N3O/c1-7(2)10-15-4-9(8(5-18)16-10)17(3)6-11(12,13)14/h4,7,18H,5-6H2,1-3H3. The number of rotatable bonds is 4. The lowest BCUT2D eigenvalue weighted by atomic mass is 10.2. The summed E-state index contributed by atoms with van der Waals surface area (Å²) < 4.78 is 36.9. The number of hydrogen-bond acceptors (Lipinski definition) is 4. The van der Waals surface area contributed by atoms with Gasteiger partial charge in [-0.05, 0) is 0 Å². The van der Waals surface area contributed by atoms with Crippen molar-refractivity contribution >= 4 is 5.69 Å². The molecule has 0 bridgehead atoms. The van der Waals surface area contributed by atoms with E-state index in [1.54, 1.807) is 0 Å². The molecular formula is C11H16F3N3O. The molecule has 4 nitrogen and oxygen atoms in total. The second kappa shape index (κ2) is 5.51. The molecule has 102 valence electrons. The molecule has 1 aromatic heterocycles. The van der Waals surface area contributed by atoms with E-state index in [1.165, 1.54) is 13.2 Å². The van der Waals surface area contributed by atoms with E-state index in [1.807, 2.05) is 13.8 Å². The number of anilines is 1. The van der Waals surface area contributed by atoms with Crippen molar-refractivity contribution in [3.05, 3.63) is 17.7 Å². The van der Waals surface area contributed by atoms with E-state index in [0.717, 1.165) is 4.90 Å². The van der Waals surface area contributed by atoms with Gasteiger partial charge in [0.05, 0.1) is 24.2 Å². The van der Waals surface area contributed by atoms with Crippen LogP contribution in [-0.4, -0.2) is 34.8 Å². The summed E-state index contributed by atoms with van der Waals surface area (Å²) in [5, 5.41) is 9.17. The van der Waals surface area contributed by atoms with Crippen molar-refractivity contribution in [2.75, 3.05) is 18.5 Å². The van der Waals surface area contributed by atoms with Crippen molar-refractivity contribution in [1.29, 1.82) is 0 Å². The summed E-state index contributed by atoms with van der Waals surface area (Å²) in [6, 6.07) is 0. The van der Waals surface area contributed by atoms with Gasteiger partial charge in [0.15, 0.2) is 0 Å². The molecule has 7 heteroatoms. The molecule has 0 spiro atoms. The number of halogens is 3. The summed E-state index contributed by atoms with van der Waals surface area (Å²) in [6.07, 6.45) is -2.99. The molecule has 0 radical (unpaired) electrons. The van der Waals surface area contributed by atoms with Crippen LogP contribution < -0.4 is 4.90 Å². The molecule has 0 unspecified atom stereocenters. The Hall–Kier alpha value is -1.37. The minimum atomic E-state index is -4.31. The molecule has 0 fully saturated rings. The van der Waals surface area contributed by atoms with Crippen LogP contribution in [0.3, 0.4) is 0 Å². The number of alkyl halides is 3. The van der Waals surface area contributed by atoms with E-state index in [-0.39, 0.29) is 17.3 Å². The Bertz CT molecular complexity index is 407. The maximum absolute atomic E-state index is 12.3. The van der Waals surface area contributed by atoms with Crippen LogP contribution in [0.5, 0.6) is 0 Å². The minimum absolute atomic E-state index is 0.0530. The first kappa shape index (κ1) is 14.7. The predicted octanol–water partition coefficient (Wildman–Crippen LogP) is 2.09. The average Bonchev–Trinajstić information content (AvgIpc) is 2.25. The summed E-state index contributed by atoms with van der Waals surface area (Å²) in [4.78, 5) is 9.06. The SMILES string of the molecule is CC(C)c1ncc(N(C)CC(F)(F)F)c(CO)n1. The van der Waals surface area contributed by atoms with Crippen LogP contribution in [0.1, 0.15) is 31.3 Å². The predicted molar refractivity (Wildman–Crippen MR) is 61.4 cm³/mol. The van der Waals surface area contributed by atoms with Gasteiger partial charge in [-0.15, -0.1) is 0 Å². The molecule has 0 saturated carbocycles. The fraction of sp³-hybridized carbons (Fsp3) is 0.636. The van der Waals surface area contributed by atoms with Crippen LogP contribution in [0.15, 0.2) is 6.20 Å². The lowest BCUT2D eigenvalue weighted by Gasteiger charge is -2.22. The first-order chi connectivity index (χ1) is 8.24. The molecule has 0 atom stereocenters. The Morgan fingerprint density at radius 1 is 1.39 bits per heavy atom. The monoisotopic (exact) mass is 263 g/mol.